The molecule has 210 valence electrons. The molecule has 0 saturated heterocycles. The van der Waals surface area contributed by atoms with E-state index < -0.39 is 0 Å². The van der Waals surface area contributed by atoms with E-state index in [1.54, 1.807) is 0 Å². The Labute approximate surface area is 220 Å². The number of hydrogen-bond donors (Lipinski definition) is 0. The Bertz CT molecular complexity index is 414. The molecule has 0 aliphatic carbocycles. The molecule has 0 saturated carbocycles. The van der Waals surface area contributed by atoms with Gasteiger partial charge in [0.05, 0.1) is 6.61 Å². The molecule has 0 heterocycles. The summed E-state index contributed by atoms with van der Waals surface area (Å²) in [5.41, 5.74) is 0. The van der Waals surface area contributed by atoms with Crippen LogP contribution in [0.4, 0.5) is 0 Å². The number of esters is 1. The second-order valence-corrected chi connectivity index (χ2v) is 10.0. The van der Waals surface area contributed by atoms with Crippen LogP contribution in [0.3, 0.4) is 0 Å². The van der Waals surface area contributed by atoms with Gasteiger partial charge in [0.2, 0.25) is 0 Å². The van der Waals surface area contributed by atoms with Crippen molar-refractivity contribution in [3.63, 3.8) is 0 Å². The van der Waals surface area contributed by atoms with Gasteiger partial charge in [-0.15, -0.1) is 0 Å². The van der Waals surface area contributed by atoms with E-state index in [1.807, 2.05) is 0 Å². The van der Waals surface area contributed by atoms with E-state index in [4.69, 9.17) is 9.53 Å². The van der Waals surface area contributed by atoms with E-state index in [0.29, 0.717) is 13.0 Å². The Balaban J connectivity index is 0. The van der Waals surface area contributed by atoms with Crippen LogP contribution in [0, 0.1) is 0 Å². The lowest BCUT2D eigenvalue weighted by molar-refractivity contribution is -0.144. The summed E-state index contributed by atoms with van der Waals surface area (Å²) in [5.74, 6) is 0.00238. The van der Waals surface area contributed by atoms with E-state index >= 15 is 0 Å². The molecule has 0 atom stereocenters. The molecule has 0 radical (unpaired) electrons. The van der Waals surface area contributed by atoms with Gasteiger partial charge < -0.3 is 14.4 Å². The van der Waals surface area contributed by atoms with Gasteiger partial charge in [0.1, 0.15) is 6.29 Å². The smallest absolute Gasteiger partial charge is 0.305 e. The van der Waals surface area contributed by atoms with Gasteiger partial charge >= 0.3 is 5.97 Å². The summed E-state index contributed by atoms with van der Waals surface area (Å²) in [5, 5.41) is 0. The zero-order valence-electron chi connectivity index (χ0n) is 24.4. The van der Waals surface area contributed by atoms with Crippen molar-refractivity contribution in [1.82, 2.24) is 4.90 Å². The summed E-state index contributed by atoms with van der Waals surface area (Å²) in [6, 6.07) is 0. The molecule has 0 aliphatic rings. The Morgan fingerprint density at radius 1 is 0.600 bits per heavy atom. The van der Waals surface area contributed by atoms with Crippen molar-refractivity contribution in [2.24, 2.45) is 0 Å². The van der Waals surface area contributed by atoms with E-state index in [1.165, 1.54) is 129 Å². The summed E-state index contributed by atoms with van der Waals surface area (Å²) in [6.45, 7) is 12.2. The van der Waals surface area contributed by atoms with Crippen LogP contribution in [0.15, 0.2) is 0 Å². The highest BCUT2D eigenvalue weighted by Crippen LogP contribution is 2.12. The number of carbonyl (C=O) groups excluding carboxylic acids is 2. The third-order valence-electron chi connectivity index (χ3n) is 6.64. The normalized spacial score (nSPS) is 10.8. The van der Waals surface area contributed by atoms with Crippen molar-refractivity contribution in [2.45, 2.75) is 163 Å². The maximum absolute atomic E-state index is 11.9. The third kappa shape index (κ3) is 33.1. The molecule has 35 heavy (non-hydrogen) atoms. The van der Waals surface area contributed by atoms with Crippen LogP contribution in [0.25, 0.3) is 0 Å². The molecule has 0 amide bonds. The van der Waals surface area contributed by atoms with Gasteiger partial charge in [0, 0.05) is 13.0 Å². The van der Waals surface area contributed by atoms with Crippen LogP contribution < -0.4 is 0 Å². The molecule has 0 aromatic rings. The number of unbranched alkanes of at least 4 members (excludes halogenated alkanes) is 17. The van der Waals surface area contributed by atoms with Gasteiger partial charge in [-0.2, -0.15) is 0 Å². The molecular weight excluding hydrogens is 434 g/mol. The zero-order valence-corrected chi connectivity index (χ0v) is 24.4. The number of hydrogen-bond acceptors (Lipinski definition) is 4. The van der Waals surface area contributed by atoms with Crippen LogP contribution in [0.1, 0.15) is 163 Å². The van der Waals surface area contributed by atoms with E-state index in [2.05, 4.69) is 25.7 Å². The van der Waals surface area contributed by atoms with Gasteiger partial charge in [-0.1, -0.05) is 130 Å². The first-order chi connectivity index (χ1) is 17.2. The molecule has 0 rings (SSSR count). The van der Waals surface area contributed by atoms with Gasteiger partial charge in [0.25, 0.3) is 0 Å². The van der Waals surface area contributed by atoms with Crippen LogP contribution in [-0.2, 0) is 14.3 Å². The Kier molecular flexibility index (Phi) is 34.3. The number of ether oxygens (including phenoxy) is 1. The molecule has 0 bridgehead atoms. The lowest BCUT2D eigenvalue weighted by atomic mass is 10.1. The molecule has 0 fully saturated rings. The lowest BCUT2D eigenvalue weighted by Crippen LogP contribution is -2.26. The summed E-state index contributed by atoms with van der Waals surface area (Å²) in [7, 11) is 0. The van der Waals surface area contributed by atoms with Crippen LogP contribution in [0.5, 0.6) is 0 Å². The molecular formula is C31H63NO3. The second kappa shape index (κ2) is 33.1. The maximum Gasteiger partial charge on any atom is 0.305 e. The zero-order chi connectivity index (χ0) is 26.2. The van der Waals surface area contributed by atoms with Crippen LogP contribution in [-0.4, -0.2) is 43.4 Å². The molecule has 4 nitrogen and oxygen atoms in total. The number of aldehydes is 1. The standard InChI is InChI=1S/C29H59NO2.C2H4O/c1-4-7-9-11-13-14-15-16-17-19-21-23-26-30(6-3)27-24-28-32-29(31)25-22-20-18-12-10-8-5-2;1-2-3/h4-28H2,1-3H3;2H,1H3. The Morgan fingerprint density at radius 2 is 0.971 bits per heavy atom. The van der Waals surface area contributed by atoms with Crippen molar-refractivity contribution >= 4 is 12.3 Å². The summed E-state index contributed by atoms with van der Waals surface area (Å²) >= 11 is 0. The van der Waals surface area contributed by atoms with Crippen LogP contribution in [0.2, 0.25) is 0 Å². The Hall–Kier alpha value is -0.900. The average molecular weight is 498 g/mol. The number of rotatable bonds is 26. The third-order valence-corrected chi connectivity index (χ3v) is 6.64. The lowest BCUT2D eigenvalue weighted by Gasteiger charge is -2.20. The fourth-order valence-corrected chi connectivity index (χ4v) is 4.38. The molecule has 4 heteroatoms. The quantitative estimate of drug-likeness (QED) is 0.0678. The predicted octanol–water partition coefficient (Wildman–Crippen LogP) is 9.29. The number of carbonyl (C=O) groups is 2. The van der Waals surface area contributed by atoms with Crippen molar-refractivity contribution in [2.75, 3.05) is 26.2 Å². The maximum atomic E-state index is 11.9. The monoisotopic (exact) mass is 497 g/mol. The molecule has 0 aliphatic heterocycles. The van der Waals surface area contributed by atoms with Gasteiger partial charge in [-0.25, -0.2) is 0 Å². The summed E-state index contributed by atoms with van der Waals surface area (Å²) in [6.07, 6.45) is 27.9. The fraction of sp³-hybridized carbons (Fsp3) is 0.935. The first kappa shape index (κ1) is 36.3. The number of nitrogens with zero attached hydrogens (tertiary/aromatic N) is 1. The van der Waals surface area contributed by atoms with E-state index in [0.717, 1.165) is 32.2 Å². The summed E-state index contributed by atoms with van der Waals surface area (Å²) in [4.78, 5) is 23.2. The topological polar surface area (TPSA) is 46.6 Å². The SMILES string of the molecule is CC=O.CCCCCCCCCCCCCCN(CC)CCCOC(=O)CCCCCCCCC. The first-order valence-electron chi connectivity index (χ1n) is 15.4. The summed E-state index contributed by atoms with van der Waals surface area (Å²) < 4.78 is 5.43. The van der Waals surface area contributed by atoms with Crippen molar-refractivity contribution < 1.29 is 14.3 Å². The van der Waals surface area contributed by atoms with Crippen molar-refractivity contribution in [3.05, 3.63) is 0 Å². The van der Waals surface area contributed by atoms with Gasteiger partial charge in [0.15, 0.2) is 0 Å². The Morgan fingerprint density at radius 3 is 1.40 bits per heavy atom. The largest absolute Gasteiger partial charge is 0.466 e. The predicted molar refractivity (Wildman–Crippen MR) is 153 cm³/mol. The highest BCUT2D eigenvalue weighted by Gasteiger charge is 2.05. The minimum Gasteiger partial charge on any atom is -0.466 e. The minimum absolute atomic E-state index is 0.00238. The van der Waals surface area contributed by atoms with E-state index in [-0.39, 0.29) is 5.97 Å². The molecule has 0 spiro atoms. The highest BCUT2D eigenvalue weighted by molar-refractivity contribution is 5.69. The van der Waals surface area contributed by atoms with Gasteiger partial charge in [-0.3, -0.25) is 4.79 Å². The van der Waals surface area contributed by atoms with Crippen molar-refractivity contribution in [3.8, 4) is 0 Å². The average Bonchev–Trinajstić information content (AvgIpc) is 2.85. The van der Waals surface area contributed by atoms with Crippen molar-refractivity contribution in [1.29, 1.82) is 0 Å². The first-order valence-corrected chi connectivity index (χ1v) is 15.4. The minimum atomic E-state index is 0.00238. The van der Waals surface area contributed by atoms with Gasteiger partial charge in [-0.05, 0) is 39.3 Å². The second-order valence-electron chi connectivity index (χ2n) is 10.0. The molecule has 0 aromatic heterocycles. The van der Waals surface area contributed by atoms with E-state index in [9.17, 15) is 4.79 Å². The highest BCUT2D eigenvalue weighted by atomic mass is 16.5. The fourth-order valence-electron chi connectivity index (χ4n) is 4.38. The molecule has 0 N–H and O–H groups in total. The molecule has 0 unspecified atom stereocenters. The van der Waals surface area contributed by atoms with Crippen LogP contribution >= 0.6 is 0 Å². The molecule has 0 aromatic carbocycles.